The fourth-order valence-corrected chi connectivity index (χ4v) is 3.61. The SMILES string of the molecule is C=C(NNC(=O)c1nnn(-c2nonc2N)c1CSc1ccc(C)cc1)c1ccncc1. The van der Waals surface area contributed by atoms with Crippen molar-refractivity contribution < 1.29 is 9.42 Å². The highest BCUT2D eigenvalue weighted by Gasteiger charge is 2.24. The Balaban J connectivity index is 1.56. The quantitative estimate of drug-likeness (QED) is 0.270. The molecule has 0 saturated heterocycles. The lowest BCUT2D eigenvalue weighted by molar-refractivity contribution is 0.0936. The molecule has 0 aliphatic heterocycles. The van der Waals surface area contributed by atoms with Gasteiger partial charge in [0.15, 0.2) is 5.69 Å². The highest BCUT2D eigenvalue weighted by molar-refractivity contribution is 7.98. The molecule has 4 rings (SSSR count). The number of hydrogen-bond donors (Lipinski definition) is 3. The number of rotatable bonds is 8. The summed E-state index contributed by atoms with van der Waals surface area (Å²) < 4.78 is 6.03. The number of nitrogens with zero attached hydrogens (tertiary/aromatic N) is 6. The van der Waals surface area contributed by atoms with E-state index in [-0.39, 0.29) is 17.3 Å². The molecule has 1 amide bonds. The molecule has 32 heavy (non-hydrogen) atoms. The molecule has 0 spiro atoms. The number of carbonyl (C=O) groups is 1. The normalized spacial score (nSPS) is 10.7. The molecule has 0 aliphatic carbocycles. The van der Waals surface area contributed by atoms with Gasteiger partial charge in [-0.25, -0.2) is 4.63 Å². The van der Waals surface area contributed by atoms with Crippen LogP contribution < -0.4 is 16.6 Å². The van der Waals surface area contributed by atoms with Crippen LogP contribution in [0.4, 0.5) is 5.82 Å². The molecule has 162 valence electrons. The number of nitrogens with two attached hydrogens (primary N) is 1. The Morgan fingerprint density at radius 2 is 1.91 bits per heavy atom. The van der Waals surface area contributed by atoms with Crippen molar-refractivity contribution in [2.24, 2.45) is 0 Å². The summed E-state index contributed by atoms with van der Waals surface area (Å²) in [5, 5.41) is 15.4. The number of nitrogen functional groups attached to an aromatic ring is 1. The topological polar surface area (TPSA) is 150 Å². The maximum atomic E-state index is 12.9. The Kier molecular flexibility index (Phi) is 6.12. The monoisotopic (exact) mass is 449 g/mol. The molecule has 0 atom stereocenters. The van der Waals surface area contributed by atoms with Gasteiger partial charge in [0, 0.05) is 28.6 Å². The van der Waals surface area contributed by atoms with Crippen molar-refractivity contribution in [2.45, 2.75) is 17.6 Å². The van der Waals surface area contributed by atoms with E-state index in [9.17, 15) is 4.79 Å². The van der Waals surface area contributed by atoms with Gasteiger partial charge in [-0.05, 0) is 41.5 Å². The summed E-state index contributed by atoms with van der Waals surface area (Å²) >= 11 is 1.51. The number of hydrogen-bond acceptors (Lipinski definition) is 10. The minimum atomic E-state index is -0.499. The van der Waals surface area contributed by atoms with Crippen LogP contribution in [0.3, 0.4) is 0 Å². The Morgan fingerprint density at radius 3 is 2.59 bits per heavy atom. The largest absolute Gasteiger partial charge is 0.378 e. The zero-order valence-electron chi connectivity index (χ0n) is 17.0. The summed E-state index contributed by atoms with van der Waals surface area (Å²) in [4.78, 5) is 17.9. The first kappa shape index (κ1) is 21.1. The third kappa shape index (κ3) is 4.59. The fourth-order valence-electron chi connectivity index (χ4n) is 2.72. The molecule has 0 aliphatic rings. The molecule has 0 unspecified atom stereocenters. The van der Waals surface area contributed by atoms with E-state index in [0.717, 1.165) is 16.0 Å². The number of hydrazine groups is 1. The van der Waals surface area contributed by atoms with Crippen molar-refractivity contribution in [1.82, 2.24) is 41.1 Å². The summed E-state index contributed by atoms with van der Waals surface area (Å²) in [6.07, 6.45) is 3.26. The number of aryl methyl sites for hydroxylation is 1. The average Bonchev–Trinajstić information content (AvgIpc) is 3.43. The van der Waals surface area contributed by atoms with Gasteiger partial charge < -0.3 is 5.73 Å². The Bertz CT molecular complexity index is 1240. The highest BCUT2D eigenvalue weighted by Crippen LogP contribution is 2.26. The van der Waals surface area contributed by atoms with E-state index in [0.29, 0.717) is 17.1 Å². The molecule has 1 aromatic carbocycles. The van der Waals surface area contributed by atoms with Crippen LogP contribution in [0, 0.1) is 6.92 Å². The summed E-state index contributed by atoms with van der Waals surface area (Å²) in [7, 11) is 0. The Morgan fingerprint density at radius 1 is 1.16 bits per heavy atom. The molecule has 0 saturated carbocycles. The molecule has 11 nitrogen and oxygen atoms in total. The zero-order valence-corrected chi connectivity index (χ0v) is 17.8. The molecule has 4 aromatic rings. The minimum Gasteiger partial charge on any atom is -0.378 e. The first-order chi connectivity index (χ1) is 15.5. The van der Waals surface area contributed by atoms with E-state index in [1.807, 2.05) is 31.2 Å². The van der Waals surface area contributed by atoms with Gasteiger partial charge in [0.2, 0.25) is 11.6 Å². The third-order valence-corrected chi connectivity index (χ3v) is 5.45. The molecule has 0 bridgehead atoms. The van der Waals surface area contributed by atoms with Crippen LogP contribution in [0.1, 0.15) is 27.3 Å². The lowest BCUT2D eigenvalue weighted by Crippen LogP contribution is -2.36. The van der Waals surface area contributed by atoms with Gasteiger partial charge in [0.05, 0.1) is 11.4 Å². The first-order valence-corrected chi connectivity index (χ1v) is 10.4. The molecule has 12 heteroatoms. The molecule has 0 radical (unpaired) electrons. The third-order valence-electron chi connectivity index (χ3n) is 4.43. The summed E-state index contributed by atoms with van der Waals surface area (Å²) in [6.45, 7) is 5.92. The summed E-state index contributed by atoms with van der Waals surface area (Å²) in [5.41, 5.74) is 14.2. The van der Waals surface area contributed by atoms with E-state index < -0.39 is 5.91 Å². The smallest absolute Gasteiger partial charge is 0.292 e. The van der Waals surface area contributed by atoms with Crippen LogP contribution in [0.25, 0.3) is 11.5 Å². The Labute approximate surface area is 187 Å². The predicted octanol–water partition coefficient (Wildman–Crippen LogP) is 2.13. The molecule has 3 aromatic heterocycles. The van der Waals surface area contributed by atoms with E-state index in [4.69, 9.17) is 5.73 Å². The molecule has 3 heterocycles. The van der Waals surface area contributed by atoms with Crippen LogP contribution in [-0.2, 0) is 5.75 Å². The minimum absolute atomic E-state index is 0.0348. The number of thioether (sulfide) groups is 1. The lowest BCUT2D eigenvalue weighted by Gasteiger charge is -2.11. The number of amides is 1. The summed E-state index contributed by atoms with van der Waals surface area (Å²) in [5.74, 6) is 0.0648. The van der Waals surface area contributed by atoms with E-state index >= 15 is 0 Å². The van der Waals surface area contributed by atoms with Crippen molar-refractivity contribution in [3.8, 4) is 5.82 Å². The van der Waals surface area contributed by atoms with E-state index in [2.05, 4.69) is 47.7 Å². The van der Waals surface area contributed by atoms with Gasteiger partial charge in [-0.15, -0.1) is 16.9 Å². The predicted molar refractivity (Wildman–Crippen MR) is 118 cm³/mol. The van der Waals surface area contributed by atoms with Crippen LogP contribution in [0.15, 0.2) is 64.9 Å². The van der Waals surface area contributed by atoms with Crippen LogP contribution in [0.2, 0.25) is 0 Å². The van der Waals surface area contributed by atoms with Crippen LogP contribution in [0.5, 0.6) is 0 Å². The number of carbonyl (C=O) groups excluding carboxylic acids is 1. The van der Waals surface area contributed by atoms with Gasteiger partial charge in [0.1, 0.15) is 0 Å². The maximum absolute atomic E-state index is 12.9. The number of aromatic nitrogens is 6. The van der Waals surface area contributed by atoms with E-state index in [1.54, 1.807) is 24.5 Å². The molecule has 0 fully saturated rings. The molecular weight excluding hydrogens is 430 g/mol. The van der Waals surface area contributed by atoms with Gasteiger partial charge in [0.25, 0.3) is 5.91 Å². The number of nitrogens with one attached hydrogen (secondary N) is 2. The Hall–Kier alpha value is -4.19. The highest BCUT2D eigenvalue weighted by atomic mass is 32.2. The van der Waals surface area contributed by atoms with Crippen molar-refractivity contribution in [2.75, 3.05) is 5.73 Å². The van der Waals surface area contributed by atoms with Gasteiger partial charge in [-0.2, -0.15) is 4.68 Å². The number of benzene rings is 1. The van der Waals surface area contributed by atoms with Gasteiger partial charge in [-0.3, -0.25) is 20.6 Å². The van der Waals surface area contributed by atoms with E-state index in [1.165, 1.54) is 16.4 Å². The standard InChI is InChI=1S/C20H19N9O2S/c1-12-3-5-15(6-4-12)32-11-16-17(24-28-29(16)19-18(21)26-31-27-19)20(30)25-23-13(2)14-7-9-22-10-8-14/h3-10,23H,2,11H2,1H3,(H2,21,26)(H,25,30). The van der Waals surface area contributed by atoms with Crippen molar-refractivity contribution in [3.63, 3.8) is 0 Å². The second-order valence-electron chi connectivity index (χ2n) is 6.66. The van der Waals surface area contributed by atoms with Crippen molar-refractivity contribution in [3.05, 3.63) is 77.9 Å². The second kappa shape index (κ2) is 9.31. The average molecular weight is 450 g/mol. The van der Waals surface area contributed by atoms with Crippen LogP contribution >= 0.6 is 11.8 Å². The van der Waals surface area contributed by atoms with Gasteiger partial charge >= 0.3 is 0 Å². The molecular formula is C20H19N9O2S. The zero-order chi connectivity index (χ0) is 22.5. The fraction of sp³-hybridized carbons (Fsp3) is 0.100. The van der Waals surface area contributed by atoms with Gasteiger partial charge in [-0.1, -0.05) is 29.5 Å². The molecule has 4 N–H and O–H groups in total. The number of anilines is 1. The van der Waals surface area contributed by atoms with Crippen molar-refractivity contribution >= 4 is 29.2 Å². The first-order valence-electron chi connectivity index (χ1n) is 9.41. The van der Waals surface area contributed by atoms with Crippen LogP contribution in [-0.4, -0.2) is 36.2 Å². The number of pyridine rings is 1. The lowest BCUT2D eigenvalue weighted by atomic mass is 10.2. The van der Waals surface area contributed by atoms with Crippen molar-refractivity contribution in [1.29, 1.82) is 0 Å². The summed E-state index contributed by atoms with van der Waals surface area (Å²) in [6, 6.07) is 11.6. The second-order valence-corrected chi connectivity index (χ2v) is 7.71. The maximum Gasteiger partial charge on any atom is 0.292 e.